The molecule has 7 N–H and O–H groups in total. The number of carbonyl (C=O) groups excluding carboxylic acids is 3. The van der Waals surface area contributed by atoms with E-state index in [1.54, 1.807) is 13.0 Å². The number of halogens is 1. The highest BCUT2D eigenvalue weighted by atomic mass is 79.9. The number of aromatic hydroxyl groups is 1. The van der Waals surface area contributed by atoms with Crippen LogP contribution in [0.1, 0.15) is 24.0 Å². The molecule has 176 valence electrons. The van der Waals surface area contributed by atoms with Crippen molar-refractivity contribution in [1.82, 2.24) is 4.90 Å². The Labute approximate surface area is 196 Å². The number of benzene rings is 1. The average Bonchev–Trinajstić information content (AvgIpc) is 2.70. The van der Waals surface area contributed by atoms with Gasteiger partial charge in [-0.1, -0.05) is 22.9 Å². The molecule has 3 aliphatic carbocycles. The molecule has 0 aliphatic heterocycles. The molecule has 0 radical (unpaired) electrons. The summed E-state index contributed by atoms with van der Waals surface area (Å²) in [4.78, 5) is 40.1. The zero-order valence-corrected chi connectivity index (χ0v) is 19.5. The summed E-state index contributed by atoms with van der Waals surface area (Å²) in [5.74, 6) is -9.02. The van der Waals surface area contributed by atoms with Gasteiger partial charge in [0.25, 0.3) is 5.91 Å². The van der Waals surface area contributed by atoms with Crippen LogP contribution in [-0.2, 0) is 14.4 Å². The minimum absolute atomic E-state index is 0.0470. The fourth-order valence-electron chi connectivity index (χ4n) is 5.61. The first kappa shape index (κ1) is 23.4. The van der Waals surface area contributed by atoms with Crippen molar-refractivity contribution < 1.29 is 39.9 Å². The second-order valence-electron chi connectivity index (χ2n) is 8.94. The van der Waals surface area contributed by atoms with E-state index in [4.69, 9.17) is 5.73 Å². The van der Waals surface area contributed by atoms with Crippen LogP contribution >= 0.6 is 15.9 Å². The van der Waals surface area contributed by atoms with Crippen molar-refractivity contribution in [3.05, 3.63) is 44.6 Å². The van der Waals surface area contributed by atoms with Gasteiger partial charge in [0.05, 0.1) is 23.6 Å². The number of likely N-dealkylation sites (N-methyl/N-ethyl adjacent to an activating group) is 1. The summed E-state index contributed by atoms with van der Waals surface area (Å²) in [7, 11) is 2.91. The maximum atomic E-state index is 13.7. The minimum atomic E-state index is -2.91. The van der Waals surface area contributed by atoms with E-state index in [0.29, 0.717) is 10.0 Å². The summed E-state index contributed by atoms with van der Waals surface area (Å²) >= 11 is 3.27. The molecule has 6 atom stereocenters. The number of hydrogen-bond donors (Lipinski definition) is 6. The first-order valence-electron chi connectivity index (χ1n) is 10.1. The number of nitrogens with two attached hydrogens (primary N) is 1. The van der Waals surface area contributed by atoms with E-state index in [-0.39, 0.29) is 11.3 Å². The zero-order valence-electron chi connectivity index (χ0n) is 17.9. The molecule has 10 nitrogen and oxygen atoms in total. The number of amides is 1. The van der Waals surface area contributed by atoms with Crippen LogP contribution in [0.15, 0.2) is 33.5 Å². The number of nitrogens with zero attached hydrogens (tertiary/aromatic N) is 1. The van der Waals surface area contributed by atoms with E-state index in [2.05, 4.69) is 15.9 Å². The Morgan fingerprint density at radius 2 is 1.79 bits per heavy atom. The fourth-order valence-corrected chi connectivity index (χ4v) is 6.07. The summed E-state index contributed by atoms with van der Waals surface area (Å²) in [6.07, 6.45) is -1.61. The highest BCUT2D eigenvalue weighted by Crippen LogP contribution is 2.56. The monoisotopic (exact) mass is 522 g/mol. The van der Waals surface area contributed by atoms with Crippen molar-refractivity contribution in [1.29, 1.82) is 0 Å². The van der Waals surface area contributed by atoms with Gasteiger partial charge in [-0.15, -0.1) is 0 Å². The summed E-state index contributed by atoms with van der Waals surface area (Å²) in [5.41, 5.74) is 1.39. The molecule has 1 fully saturated rings. The molecule has 0 aromatic heterocycles. The lowest BCUT2D eigenvalue weighted by Crippen LogP contribution is -2.70. The smallest absolute Gasteiger partial charge is 0.255 e. The normalized spacial score (nSPS) is 33.7. The highest BCUT2D eigenvalue weighted by molar-refractivity contribution is 9.10. The lowest BCUT2D eigenvalue weighted by atomic mass is 9.54. The molecule has 3 aliphatic rings. The van der Waals surface area contributed by atoms with Crippen LogP contribution in [0.2, 0.25) is 0 Å². The molecule has 0 saturated heterocycles. The van der Waals surface area contributed by atoms with E-state index in [0.717, 1.165) is 0 Å². The molecule has 33 heavy (non-hydrogen) atoms. The quantitative estimate of drug-likeness (QED) is 0.296. The first-order chi connectivity index (χ1) is 15.3. The number of phenolic OH excluding ortho intramolecular Hbond substituents is 1. The predicted octanol–water partition coefficient (Wildman–Crippen LogP) is 0.258. The SMILES string of the molecule is C[C@H]1c2cc(Br)cc(O)c2C(O)=C2C(=O)[C@]3(O)C(O)=C(C(N)=O)C(=O)[C@@H](N(C)C)[C@@H]3[C@@H](O)[C@@H]21. The van der Waals surface area contributed by atoms with Gasteiger partial charge in [0.15, 0.2) is 11.4 Å². The Morgan fingerprint density at radius 3 is 2.33 bits per heavy atom. The molecule has 1 aromatic carbocycles. The maximum Gasteiger partial charge on any atom is 0.255 e. The third-order valence-electron chi connectivity index (χ3n) is 7.03. The van der Waals surface area contributed by atoms with Crippen LogP contribution in [0.4, 0.5) is 0 Å². The van der Waals surface area contributed by atoms with Gasteiger partial charge in [0, 0.05) is 16.0 Å². The number of phenols is 1. The second-order valence-corrected chi connectivity index (χ2v) is 9.85. The molecular formula is C22H23BrN2O8. The number of carbonyl (C=O) groups is 3. The van der Waals surface area contributed by atoms with Crippen LogP contribution in [0, 0.1) is 11.8 Å². The van der Waals surface area contributed by atoms with E-state index < -0.39 is 75.6 Å². The standard InChI is InChI=1S/C22H23BrN2O8/c1-6-8-4-7(23)5-9(26)11(8)16(27)12-10(6)17(28)14-15(25(2)3)18(29)13(21(24)32)20(31)22(14,33)19(12)30/h4-6,10,14-15,17,26-28,31,33H,1-3H3,(H2,24,32)/t6-,10+,14+,15-,17-,22-/m0/s1. The van der Waals surface area contributed by atoms with Crippen molar-refractivity contribution >= 4 is 39.2 Å². The fraction of sp³-hybridized carbons (Fsp3) is 0.409. The topological polar surface area (TPSA) is 182 Å². The van der Waals surface area contributed by atoms with E-state index in [9.17, 15) is 39.9 Å². The second kappa shape index (κ2) is 7.39. The van der Waals surface area contributed by atoms with Gasteiger partial charge < -0.3 is 31.3 Å². The zero-order chi connectivity index (χ0) is 24.7. The van der Waals surface area contributed by atoms with Crippen molar-refractivity contribution in [3.8, 4) is 5.75 Å². The van der Waals surface area contributed by atoms with E-state index >= 15 is 0 Å². The van der Waals surface area contributed by atoms with Crippen LogP contribution < -0.4 is 5.73 Å². The molecule has 4 rings (SSSR count). The lowest BCUT2D eigenvalue weighted by molar-refractivity contribution is -0.169. The van der Waals surface area contributed by atoms with Gasteiger partial charge in [-0.2, -0.15) is 0 Å². The van der Waals surface area contributed by atoms with Gasteiger partial charge in [0.2, 0.25) is 5.78 Å². The Hall–Kier alpha value is -2.73. The molecule has 11 heteroatoms. The van der Waals surface area contributed by atoms with E-state index in [1.165, 1.54) is 25.1 Å². The lowest BCUT2D eigenvalue weighted by Gasteiger charge is -2.53. The van der Waals surface area contributed by atoms with Crippen molar-refractivity contribution in [2.24, 2.45) is 17.6 Å². The Bertz CT molecular complexity index is 1190. The molecule has 0 spiro atoms. The van der Waals surface area contributed by atoms with Crippen molar-refractivity contribution in [3.63, 3.8) is 0 Å². The molecule has 1 amide bonds. The molecular weight excluding hydrogens is 500 g/mol. The summed E-state index contributed by atoms with van der Waals surface area (Å²) in [6.45, 7) is 1.67. The van der Waals surface area contributed by atoms with Crippen LogP contribution in [0.3, 0.4) is 0 Å². The Balaban J connectivity index is 2.07. The van der Waals surface area contributed by atoms with Crippen LogP contribution in [0.5, 0.6) is 5.75 Å². The number of fused-ring (bicyclic) bond motifs is 3. The number of primary amides is 1. The summed E-state index contributed by atoms with van der Waals surface area (Å²) < 4.78 is 0.501. The molecule has 0 bridgehead atoms. The third kappa shape index (κ3) is 2.86. The number of aliphatic hydroxyl groups is 4. The molecule has 1 aromatic rings. The largest absolute Gasteiger partial charge is 0.508 e. The van der Waals surface area contributed by atoms with Crippen molar-refractivity contribution in [2.45, 2.75) is 30.6 Å². The van der Waals surface area contributed by atoms with Crippen molar-refractivity contribution in [2.75, 3.05) is 14.1 Å². The Kier molecular flexibility index (Phi) is 5.25. The van der Waals surface area contributed by atoms with Gasteiger partial charge in [-0.3, -0.25) is 19.3 Å². The van der Waals surface area contributed by atoms with E-state index in [1.807, 2.05) is 0 Å². The third-order valence-corrected chi connectivity index (χ3v) is 7.49. The first-order valence-corrected chi connectivity index (χ1v) is 10.9. The van der Waals surface area contributed by atoms with Gasteiger partial charge in [-0.25, -0.2) is 0 Å². The summed E-state index contributed by atoms with van der Waals surface area (Å²) in [6, 6.07) is 1.57. The average molecular weight is 523 g/mol. The number of ketones is 2. The maximum absolute atomic E-state index is 13.7. The number of rotatable bonds is 2. The number of aliphatic hydroxyl groups excluding tert-OH is 3. The minimum Gasteiger partial charge on any atom is -0.508 e. The number of hydrogen-bond acceptors (Lipinski definition) is 9. The number of Topliss-reactive ketones (excluding diaryl/α,β-unsaturated/α-hetero) is 2. The molecule has 0 heterocycles. The van der Waals surface area contributed by atoms with Gasteiger partial charge in [0.1, 0.15) is 22.8 Å². The van der Waals surface area contributed by atoms with Crippen LogP contribution in [-0.4, -0.2) is 79.7 Å². The van der Waals surface area contributed by atoms with Crippen LogP contribution in [0.25, 0.3) is 5.76 Å². The molecule has 0 unspecified atom stereocenters. The summed E-state index contributed by atoms with van der Waals surface area (Å²) in [5, 5.41) is 55.2. The van der Waals surface area contributed by atoms with Gasteiger partial charge in [-0.05, 0) is 37.7 Å². The van der Waals surface area contributed by atoms with Gasteiger partial charge >= 0.3 is 0 Å². The predicted molar refractivity (Wildman–Crippen MR) is 118 cm³/mol. The highest BCUT2D eigenvalue weighted by Gasteiger charge is 2.68. The Morgan fingerprint density at radius 1 is 1.18 bits per heavy atom. The molecule has 1 saturated carbocycles.